The molecule has 4 bridgehead atoms. The molecule has 0 saturated heterocycles. The van der Waals surface area contributed by atoms with Crippen molar-refractivity contribution in [1.82, 2.24) is 5.32 Å². The molecule has 0 aromatic carbocycles. The summed E-state index contributed by atoms with van der Waals surface area (Å²) in [5.41, 5.74) is 0. The quantitative estimate of drug-likeness (QED) is 0.767. The summed E-state index contributed by atoms with van der Waals surface area (Å²) in [5.74, 6) is 4.29. The molecular formula is C12H20BrN. The van der Waals surface area contributed by atoms with Crippen molar-refractivity contribution in [2.24, 2.45) is 23.7 Å². The number of halogens is 1. The first-order valence-electron chi connectivity index (χ1n) is 6.16. The molecule has 4 saturated carbocycles. The maximum atomic E-state index is 3.77. The van der Waals surface area contributed by atoms with Gasteiger partial charge in [0.1, 0.15) is 0 Å². The van der Waals surface area contributed by atoms with E-state index >= 15 is 0 Å². The van der Waals surface area contributed by atoms with Crippen LogP contribution < -0.4 is 5.32 Å². The smallest absolute Gasteiger partial charge is 0.0157 e. The first-order valence-corrected chi connectivity index (χ1v) is 7.28. The molecule has 1 nitrogen and oxygen atoms in total. The van der Waals surface area contributed by atoms with Crippen molar-refractivity contribution in [1.29, 1.82) is 0 Å². The Bertz CT molecular complexity index is 188. The molecule has 4 aliphatic carbocycles. The van der Waals surface area contributed by atoms with E-state index in [9.17, 15) is 0 Å². The van der Waals surface area contributed by atoms with Gasteiger partial charge < -0.3 is 5.32 Å². The molecule has 0 spiro atoms. The van der Waals surface area contributed by atoms with Gasteiger partial charge in [-0.25, -0.2) is 0 Å². The highest BCUT2D eigenvalue weighted by Crippen LogP contribution is 2.53. The maximum Gasteiger partial charge on any atom is 0.0157 e. The third-order valence-electron chi connectivity index (χ3n) is 4.70. The average molecular weight is 258 g/mol. The summed E-state index contributed by atoms with van der Waals surface area (Å²) in [5, 5.41) is 4.87. The lowest BCUT2D eigenvalue weighted by Crippen LogP contribution is -2.54. The van der Waals surface area contributed by atoms with Gasteiger partial charge in [0.05, 0.1) is 0 Å². The van der Waals surface area contributed by atoms with Gasteiger partial charge in [0.2, 0.25) is 0 Å². The minimum Gasteiger partial charge on any atom is -0.313 e. The highest BCUT2D eigenvalue weighted by molar-refractivity contribution is 9.09. The van der Waals surface area contributed by atoms with Gasteiger partial charge in [0, 0.05) is 17.9 Å². The Morgan fingerprint density at radius 2 is 1.50 bits per heavy atom. The molecule has 0 amide bonds. The average Bonchev–Trinajstić information content (AvgIpc) is 2.15. The van der Waals surface area contributed by atoms with Crippen LogP contribution in [0.3, 0.4) is 0 Å². The lowest BCUT2D eigenvalue weighted by atomic mass is 9.54. The normalized spacial score (nSPS) is 49.9. The molecule has 4 fully saturated rings. The van der Waals surface area contributed by atoms with Crippen LogP contribution in [0.1, 0.15) is 32.1 Å². The minimum atomic E-state index is 0.875. The summed E-state index contributed by atoms with van der Waals surface area (Å²) in [7, 11) is 0. The van der Waals surface area contributed by atoms with E-state index in [1.165, 1.54) is 25.7 Å². The van der Waals surface area contributed by atoms with Crippen molar-refractivity contribution in [3.63, 3.8) is 0 Å². The van der Waals surface area contributed by atoms with Gasteiger partial charge in [-0.1, -0.05) is 15.9 Å². The van der Waals surface area contributed by atoms with Gasteiger partial charge in [-0.15, -0.1) is 0 Å². The standard InChI is InChI=1S/C12H20BrN/c13-1-2-14-12-10-4-8-3-9(6-10)7-11(12)5-8/h8-12,14H,1-7H2. The van der Waals surface area contributed by atoms with E-state index in [0.29, 0.717) is 0 Å². The fraction of sp³-hybridized carbons (Fsp3) is 1.00. The minimum absolute atomic E-state index is 0.875. The molecule has 0 unspecified atom stereocenters. The Hall–Kier alpha value is 0.440. The molecule has 14 heavy (non-hydrogen) atoms. The maximum absolute atomic E-state index is 3.77. The van der Waals surface area contributed by atoms with Crippen molar-refractivity contribution in [3.8, 4) is 0 Å². The predicted octanol–water partition coefficient (Wildman–Crippen LogP) is 2.80. The van der Waals surface area contributed by atoms with E-state index in [-0.39, 0.29) is 0 Å². The second-order valence-corrected chi connectivity index (χ2v) is 6.39. The predicted molar refractivity (Wildman–Crippen MR) is 62.6 cm³/mol. The third kappa shape index (κ3) is 1.55. The zero-order valence-electron chi connectivity index (χ0n) is 8.71. The molecule has 0 aromatic heterocycles. The van der Waals surface area contributed by atoms with E-state index < -0.39 is 0 Å². The lowest BCUT2D eigenvalue weighted by Gasteiger charge is -2.54. The van der Waals surface area contributed by atoms with Crippen LogP contribution in [0.5, 0.6) is 0 Å². The Balaban J connectivity index is 1.69. The van der Waals surface area contributed by atoms with Gasteiger partial charge in [-0.3, -0.25) is 0 Å². The largest absolute Gasteiger partial charge is 0.313 e. The zero-order chi connectivity index (χ0) is 9.54. The Labute approximate surface area is 95.2 Å². The molecule has 0 radical (unpaired) electrons. The summed E-state index contributed by atoms with van der Waals surface area (Å²) < 4.78 is 0. The van der Waals surface area contributed by atoms with E-state index in [0.717, 1.165) is 41.6 Å². The summed E-state index contributed by atoms with van der Waals surface area (Å²) >= 11 is 3.51. The molecule has 4 aliphatic rings. The summed E-state index contributed by atoms with van der Waals surface area (Å²) in [6.07, 6.45) is 7.71. The number of hydrogen-bond donors (Lipinski definition) is 1. The van der Waals surface area contributed by atoms with Crippen molar-refractivity contribution in [2.75, 3.05) is 11.9 Å². The second kappa shape index (κ2) is 3.79. The first kappa shape index (κ1) is 9.65. The van der Waals surface area contributed by atoms with Gasteiger partial charge >= 0.3 is 0 Å². The number of nitrogens with one attached hydrogen (secondary N) is 1. The summed E-state index contributed by atoms with van der Waals surface area (Å²) in [6.45, 7) is 1.16. The number of rotatable bonds is 3. The number of hydrogen-bond acceptors (Lipinski definition) is 1. The first-order chi connectivity index (χ1) is 6.86. The van der Waals surface area contributed by atoms with E-state index in [1.807, 2.05) is 0 Å². The Morgan fingerprint density at radius 1 is 0.929 bits per heavy atom. The van der Waals surface area contributed by atoms with Crippen LogP contribution >= 0.6 is 15.9 Å². The van der Waals surface area contributed by atoms with Crippen LogP contribution in [-0.2, 0) is 0 Å². The highest BCUT2D eigenvalue weighted by atomic mass is 79.9. The molecule has 0 aromatic rings. The van der Waals surface area contributed by atoms with Crippen LogP contribution in [0.25, 0.3) is 0 Å². The molecule has 0 aliphatic heterocycles. The van der Waals surface area contributed by atoms with Crippen molar-refractivity contribution >= 4 is 15.9 Å². The summed E-state index contributed by atoms with van der Waals surface area (Å²) in [4.78, 5) is 0. The fourth-order valence-electron chi connectivity index (χ4n) is 4.48. The van der Waals surface area contributed by atoms with Crippen LogP contribution in [0.15, 0.2) is 0 Å². The molecular weight excluding hydrogens is 238 g/mol. The third-order valence-corrected chi connectivity index (χ3v) is 5.10. The Morgan fingerprint density at radius 3 is 2.00 bits per heavy atom. The molecule has 1 N–H and O–H groups in total. The van der Waals surface area contributed by atoms with Gasteiger partial charge in [0.25, 0.3) is 0 Å². The lowest BCUT2D eigenvalue weighted by molar-refractivity contribution is -0.0128. The zero-order valence-corrected chi connectivity index (χ0v) is 10.3. The van der Waals surface area contributed by atoms with E-state index in [2.05, 4.69) is 21.2 Å². The van der Waals surface area contributed by atoms with E-state index in [4.69, 9.17) is 0 Å². The molecule has 0 heterocycles. The Kier molecular flexibility index (Phi) is 2.61. The molecule has 0 atom stereocenters. The van der Waals surface area contributed by atoms with Gasteiger partial charge in [-0.2, -0.15) is 0 Å². The molecule has 80 valence electrons. The van der Waals surface area contributed by atoms with Crippen LogP contribution in [0.4, 0.5) is 0 Å². The summed E-state index contributed by atoms with van der Waals surface area (Å²) in [6, 6.07) is 0.875. The molecule has 4 rings (SSSR count). The van der Waals surface area contributed by atoms with Crippen molar-refractivity contribution < 1.29 is 0 Å². The van der Waals surface area contributed by atoms with Gasteiger partial charge in [0.15, 0.2) is 0 Å². The SMILES string of the molecule is BrCCNC1C2CC3CC(C2)CC1C3. The van der Waals surface area contributed by atoms with Crippen molar-refractivity contribution in [3.05, 3.63) is 0 Å². The number of alkyl halides is 1. The van der Waals surface area contributed by atoms with Gasteiger partial charge in [-0.05, 0) is 55.8 Å². The second-order valence-electron chi connectivity index (χ2n) is 5.60. The fourth-order valence-corrected chi connectivity index (χ4v) is 4.71. The molecule has 2 heteroatoms. The highest BCUT2D eigenvalue weighted by Gasteiger charge is 2.47. The monoisotopic (exact) mass is 257 g/mol. The van der Waals surface area contributed by atoms with Crippen LogP contribution in [0.2, 0.25) is 0 Å². The van der Waals surface area contributed by atoms with Crippen LogP contribution in [0, 0.1) is 23.7 Å². The topological polar surface area (TPSA) is 12.0 Å². The van der Waals surface area contributed by atoms with Crippen LogP contribution in [-0.4, -0.2) is 17.9 Å². The van der Waals surface area contributed by atoms with E-state index in [1.54, 1.807) is 6.42 Å². The van der Waals surface area contributed by atoms with Crippen molar-refractivity contribution in [2.45, 2.75) is 38.1 Å².